The standard InChI is InChI=1S/C17H19NOS/c19-16(14-6-2-1-3-7-14)18-13-17(9-4-5-10-17)15-8-11-20-12-15/h1-3,6-8,11-12H,4-5,9-10,13H2,(H,18,19). The van der Waals surface area contributed by atoms with Crippen LogP contribution in [0.2, 0.25) is 0 Å². The van der Waals surface area contributed by atoms with Crippen molar-refractivity contribution in [3.8, 4) is 0 Å². The number of amides is 1. The fraction of sp³-hybridized carbons (Fsp3) is 0.353. The van der Waals surface area contributed by atoms with Gasteiger partial charge >= 0.3 is 0 Å². The van der Waals surface area contributed by atoms with Crippen molar-refractivity contribution < 1.29 is 4.79 Å². The van der Waals surface area contributed by atoms with Gasteiger partial charge < -0.3 is 5.32 Å². The molecule has 0 unspecified atom stereocenters. The van der Waals surface area contributed by atoms with E-state index in [9.17, 15) is 4.79 Å². The summed E-state index contributed by atoms with van der Waals surface area (Å²) in [5.41, 5.74) is 2.30. The third-order valence-electron chi connectivity index (χ3n) is 4.32. The summed E-state index contributed by atoms with van der Waals surface area (Å²) in [6, 6.07) is 11.7. The van der Waals surface area contributed by atoms with E-state index in [1.54, 1.807) is 11.3 Å². The van der Waals surface area contributed by atoms with Gasteiger partial charge in [0.25, 0.3) is 5.91 Å². The lowest BCUT2D eigenvalue weighted by Crippen LogP contribution is -2.38. The smallest absolute Gasteiger partial charge is 0.251 e. The Hall–Kier alpha value is -1.61. The monoisotopic (exact) mass is 285 g/mol. The molecule has 2 nitrogen and oxygen atoms in total. The quantitative estimate of drug-likeness (QED) is 0.904. The Balaban J connectivity index is 1.71. The molecule has 104 valence electrons. The zero-order chi connectivity index (χ0) is 13.8. The third-order valence-corrected chi connectivity index (χ3v) is 5.00. The molecule has 1 N–H and O–H groups in total. The second-order valence-corrected chi connectivity index (χ2v) is 6.33. The number of hydrogen-bond acceptors (Lipinski definition) is 2. The Kier molecular flexibility index (Phi) is 3.88. The molecule has 3 heteroatoms. The van der Waals surface area contributed by atoms with Crippen molar-refractivity contribution in [1.29, 1.82) is 0 Å². The van der Waals surface area contributed by atoms with Crippen LogP contribution >= 0.6 is 11.3 Å². The Morgan fingerprint density at radius 2 is 1.90 bits per heavy atom. The molecule has 1 aromatic carbocycles. The molecule has 1 aromatic heterocycles. The van der Waals surface area contributed by atoms with Crippen molar-refractivity contribution >= 4 is 17.2 Å². The Bertz CT molecular complexity index is 556. The predicted molar refractivity (Wildman–Crippen MR) is 83.2 cm³/mol. The van der Waals surface area contributed by atoms with Gasteiger partial charge in [-0.3, -0.25) is 4.79 Å². The number of carbonyl (C=O) groups excluding carboxylic acids is 1. The maximum absolute atomic E-state index is 12.2. The van der Waals surface area contributed by atoms with Gasteiger partial charge in [-0.15, -0.1) is 0 Å². The van der Waals surface area contributed by atoms with E-state index in [4.69, 9.17) is 0 Å². The van der Waals surface area contributed by atoms with Gasteiger partial charge in [-0.05, 0) is 47.4 Å². The molecule has 0 radical (unpaired) electrons. The lowest BCUT2D eigenvalue weighted by molar-refractivity contribution is 0.0943. The second-order valence-electron chi connectivity index (χ2n) is 5.55. The normalized spacial score (nSPS) is 17.0. The van der Waals surface area contributed by atoms with Gasteiger partial charge in [0.05, 0.1) is 0 Å². The molecule has 3 rings (SSSR count). The van der Waals surface area contributed by atoms with Crippen LogP contribution in [-0.2, 0) is 5.41 Å². The summed E-state index contributed by atoms with van der Waals surface area (Å²) >= 11 is 1.74. The Morgan fingerprint density at radius 3 is 2.55 bits per heavy atom. The largest absolute Gasteiger partial charge is 0.351 e. The number of hydrogen-bond donors (Lipinski definition) is 1. The molecular weight excluding hydrogens is 266 g/mol. The first kappa shape index (κ1) is 13.4. The van der Waals surface area contributed by atoms with Crippen LogP contribution in [0, 0.1) is 0 Å². The molecule has 0 aliphatic heterocycles. The molecule has 1 aliphatic rings. The lowest BCUT2D eigenvalue weighted by atomic mass is 9.80. The fourth-order valence-corrected chi connectivity index (χ4v) is 3.91. The van der Waals surface area contributed by atoms with Crippen LogP contribution in [0.25, 0.3) is 0 Å². The van der Waals surface area contributed by atoms with Crippen LogP contribution in [0.4, 0.5) is 0 Å². The second kappa shape index (κ2) is 5.80. The van der Waals surface area contributed by atoms with Crippen LogP contribution in [0.15, 0.2) is 47.2 Å². The number of benzene rings is 1. The van der Waals surface area contributed by atoms with Crippen LogP contribution in [0.3, 0.4) is 0 Å². The summed E-state index contributed by atoms with van der Waals surface area (Å²) in [7, 11) is 0. The minimum atomic E-state index is 0.0344. The number of thiophene rings is 1. The van der Waals surface area contributed by atoms with Crippen molar-refractivity contribution in [1.82, 2.24) is 5.32 Å². The van der Waals surface area contributed by atoms with Crippen LogP contribution in [-0.4, -0.2) is 12.5 Å². The van der Waals surface area contributed by atoms with E-state index in [0.29, 0.717) is 0 Å². The molecule has 20 heavy (non-hydrogen) atoms. The highest BCUT2D eigenvalue weighted by atomic mass is 32.1. The van der Waals surface area contributed by atoms with Crippen LogP contribution in [0.1, 0.15) is 41.6 Å². The van der Waals surface area contributed by atoms with E-state index >= 15 is 0 Å². The van der Waals surface area contributed by atoms with E-state index in [1.807, 2.05) is 30.3 Å². The zero-order valence-electron chi connectivity index (χ0n) is 11.5. The Labute approximate surface area is 123 Å². The Morgan fingerprint density at radius 1 is 1.15 bits per heavy atom. The molecule has 0 atom stereocenters. The first-order valence-electron chi connectivity index (χ1n) is 7.16. The number of nitrogens with one attached hydrogen (secondary N) is 1. The highest BCUT2D eigenvalue weighted by Gasteiger charge is 2.36. The molecule has 0 bridgehead atoms. The van der Waals surface area contributed by atoms with E-state index in [1.165, 1.54) is 31.2 Å². The van der Waals surface area contributed by atoms with E-state index in [0.717, 1.165) is 12.1 Å². The third kappa shape index (κ3) is 2.63. The average Bonchev–Trinajstić information content (AvgIpc) is 3.17. The molecule has 1 amide bonds. The summed E-state index contributed by atoms with van der Waals surface area (Å²) in [5, 5.41) is 7.51. The molecule has 1 aliphatic carbocycles. The highest BCUT2D eigenvalue weighted by Crippen LogP contribution is 2.41. The SMILES string of the molecule is O=C(NCC1(c2ccsc2)CCCC1)c1ccccc1. The summed E-state index contributed by atoms with van der Waals surface area (Å²) in [5.74, 6) is 0.0344. The van der Waals surface area contributed by atoms with E-state index in [2.05, 4.69) is 22.1 Å². The minimum Gasteiger partial charge on any atom is -0.351 e. The van der Waals surface area contributed by atoms with Crippen molar-refractivity contribution in [3.63, 3.8) is 0 Å². The summed E-state index contributed by atoms with van der Waals surface area (Å²) in [4.78, 5) is 12.2. The van der Waals surface area contributed by atoms with Gasteiger partial charge in [0.15, 0.2) is 0 Å². The molecule has 1 fully saturated rings. The fourth-order valence-electron chi connectivity index (χ4n) is 3.13. The van der Waals surface area contributed by atoms with Crippen molar-refractivity contribution in [2.45, 2.75) is 31.1 Å². The van der Waals surface area contributed by atoms with Gasteiger partial charge in [-0.25, -0.2) is 0 Å². The molecule has 1 heterocycles. The topological polar surface area (TPSA) is 29.1 Å². The maximum atomic E-state index is 12.2. The average molecular weight is 285 g/mol. The first-order valence-corrected chi connectivity index (χ1v) is 8.10. The molecule has 2 aromatic rings. The summed E-state index contributed by atoms with van der Waals surface area (Å²) in [6.07, 6.45) is 4.88. The lowest BCUT2D eigenvalue weighted by Gasteiger charge is -2.28. The van der Waals surface area contributed by atoms with Gasteiger partial charge in [-0.2, -0.15) is 11.3 Å². The van der Waals surface area contributed by atoms with Gasteiger partial charge in [0, 0.05) is 17.5 Å². The number of carbonyl (C=O) groups is 1. The van der Waals surface area contributed by atoms with E-state index < -0.39 is 0 Å². The van der Waals surface area contributed by atoms with Crippen LogP contribution in [0.5, 0.6) is 0 Å². The zero-order valence-corrected chi connectivity index (χ0v) is 12.3. The maximum Gasteiger partial charge on any atom is 0.251 e. The van der Waals surface area contributed by atoms with Crippen molar-refractivity contribution in [2.75, 3.05) is 6.54 Å². The number of rotatable bonds is 4. The summed E-state index contributed by atoms with van der Waals surface area (Å²) < 4.78 is 0. The van der Waals surface area contributed by atoms with Crippen molar-refractivity contribution in [2.24, 2.45) is 0 Å². The predicted octanol–water partition coefficient (Wildman–Crippen LogP) is 3.99. The molecular formula is C17H19NOS. The van der Waals surface area contributed by atoms with Gasteiger partial charge in [0.1, 0.15) is 0 Å². The summed E-state index contributed by atoms with van der Waals surface area (Å²) in [6.45, 7) is 0.747. The van der Waals surface area contributed by atoms with Crippen LogP contribution < -0.4 is 5.32 Å². The highest BCUT2D eigenvalue weighted by molar-refractivity contribution is 7.08. The van der Waals surface area contributed by atoms with Gasteiger partial charge in [-0.1, -0.05) is 31.0 Å². The first-order chi connectivity index (χ1) is 9.80. The molecule has 0 spiro atoms. The molecule has 0 saturated heterocycles. The van der Waals surface area contributed by atoms with E-state index in [-0.39, 0.29) is 11.3 Å². The van der Waals surface area contributed by atoms with Gasteiger partial charge in [0.2, 0.25) is 0 Å². The van der Waals surface area contributed by atoms with Crippen molar-refractivity contribution in [3.05, 3.63) is 58.3 Å². The molecule has 1 saturated carbocycles. The minimum absolute atomic E-state index is 0.0344.